The van der Waals surface area contributed by atoms with Gasteiger partial charge in [0.1, 0.15) is 0 Å². The Morgan fingerprint density at radius 2 is 2.30 bits per heavy atom. The first-order valence-electron chi connectivity index (χ1n) is 7.70. The van der Waals surface area contributed by atoms with E-state index in [0.29, 0.717) is 12.1 Å². The highest BCUT2D eigenvalue weighted by molar-refractivity contribution is 5.44. The van der Waals surface area contributed by atoms with E-state index < -0.39 is 0 Å². The molecule has 0 saturated carbocycles. The summed E-state index contributed by atoms with van der Waals surface area (Å²) in [6.07, 6.45) is 5.70. The predicted octanol–water partition coefficient (Wildman–Crippen LogP) is 2.28. The van der Waals surface area contributed by atoms with Crippen LogP contribution in [0.4, 0.5) is 5.69 Å². The molecule has 0 bridgehead atoms. The number of likely N-dealkylation sites (tertiary alicyclic amines) is 1. The number of nitrogens with zero attached hydrogens (tertiary/aromatic N) is 3. The molecule has 1 aromatic heterocycles. The number of likely N-dealkylation sites (N-methyl/N-ethyl adjacent to an activating group) is 2. The largest absolute Gasteiger partial charge is 0.372 e. The lowest BCUT2D eigenvalue weighted by Crippen LogP contribution is -2.36. The normalized spacial score (nSPS) is 21.1. The van der Waals surface area contributed by atoms with E-state index in [2.05, 4.69) is 53.3 Å². The van der Waals surface area contributed by atoms with Crippen molar-refractivity contribution in [3.8, 4) is 0 Å². The molecule has 2 atom stereocenters. The third-order valence-corrected chi connectivity index (χ3v) is 4.48. The van der Waals surface area contributed by atoms with Crippen LogP contribution in [-0.2, 0) is 0 Å². The lowest BCUT2D eigenvalue weighted by Gasteiger charge is -2.27. The first-order chi connectivity index (χ1) is 9.65. The average Bonchev–Trinajstić information content (AvgIpc) is 2.86. The zero-order chi connectivity index (χ0) is 14.5. The van der Waals surface area contributed by atoms with Crippen molar-refractivity contribution in [3.63, 3.8) is 0 Å². The van der Waals surface area contributed by atoms with Gasteiger partial charge in [0, 0.05) is 25.7 Å². The summed E-state index contributed by atoms with van der Waals surface area (Å²) >= 11 is 0. The lowest BCUT2D eigenvalue weighted by atomic mass is 10.1. The van der Waals surface area contributed by atoms with E-state index in [9.17, 15) is 0 Å². The van der Waals surface area contributed by atoms with Gasteiger partial charge in [-0.3, -0.25) is 4.98 Å². The van der Waals surface area contributed by atoms with Gasteiger partial charge in [-0.15, -0.1) is 0 Å². The van der Waals surface area contributed by atoms with Crippen LogP contribution >= 0.6 is 0 Å². The third-order valence-electron chi connectivity index (χ3n) is 4.48. The van der Waals surface area contributed by atoms with E-state index in [1.807, 2.05) is 13.2 Å². The van der Waals surface area contributed by atoms with Gasteiger partial charge in [0.25, 0.3) is 0 Å². The van der Waals surface area contributed by atoms with E-state index >= 15 is 0 Å². The first-order valence-corrected chi connectivity index (χ1v) is 7.70. The minimum Gasteiger partial charge on any atom is -0.372 e. The fraction of sp³-hybridized carbons (Fsp3) is 0.688. The molecule has 1 saturated heterocycles. The maximum absolute atomic E-state index is 4.62. The van der Waals surface area contributed by atoms with Crippen molar-refractivity contribution < 1.29 is 0 Å². The summed E-state index contributed by atoms with van der Waals surface area (Å²) in [4.78, 5) is 9.41. The van der Waals surface area contributed by atoms with E-state index in [1.54, 1.807) is 0 Å². The average molecular weight is 276 g/mol. The molecule has 0 radical (unpaired) electrons. The zero-order valence-electron chi connectivity index (χ0n) is 13.3. The minimum absolute atomic E-state index is 0.357. The van der Waals surface area contributed by atoms with Gasteiger partial charge >= 0.3 is 0 Å². The molecular formula is C16H28N4. The highest BCUT2D eigenvalue weighted by Gasteiger charge is 2.22. The van der Waals surface area contributed by atoms with Crippen LogP contribution in [-0.4, -0.2) is 50.2 Å². The molecule has 1 aliphatic heterocycles. The van der Waals surface area contributed by atoms with Gasteiger partial charge in [0.2, 0.25) is 0 Å². The molecule has 4 nitrogen and oxygen atoms in total. The fourth-order valence-electron chi connectivity index (χ4n) is 3.02. The molecule has 2 unspecified atom stereocenters. The van der Waals surface area contributed by atoms with E-state index in [4.69, 9.17) is 0 Å². The second-order valence-corrected chi connectivity index (χ2v) is 5.85. The van der Waals surface area contributed by atoms with Gasteiger partial charge in [0.15, 0.2) is 0 Å². The number of aromatic nitrogens is 1. The Bertz CT molecular complexity index is 399. The van der Waals surface area contributed by atoms with Crippen LogP contribution < -0.4 is 10.2 Å². The van der Waals surface area contributed by atoms with E-state index in [-0.39, 0.29) is 0 Å². The summed E-state index contributed by atoms with van der Waals surface area (Å²) in [5.74, 6) is 0. The summed E-state index contributed by atoms with van der Waals surface area (Å²) in [6, 6.07) is 5.38. The summed E-state index contributed by atoms with van der Waals surface area (Å²) in [5.41, 5.74) is 2.34. The van der Waals surface area contributed by atoms with Crippen LogP contribution in [0.2, 0.25) is 0 Å². The zero-order valence-corrected chi connectivity index (χ0v) is 13.3. The molecular weight excluding hydrogens is 248 g/mol. The van der Waals surface area contributed by atoms with E-state index in [0.717, 1.165) is 18.7 Å². The number of pyridine rings is 1. The molecule has 4 heteroatoms. The topological polar surface area (TPSA) is 31.4 Å². The second kappa shape index (κ2) is 7.04. The van der Waals surface area contributed by atoms with Crippen molar-refractivity contribution in [2.24, 2.45) is 0 Å². The number of hydrogen-bond donors (Lipinski definition) is 1. The lowest BCUT2D eigenvalue weighted by molar-refractivity contribution is 0.314. The monoisotopic (exact) mass is 276 g/mol. The summed E-state index contributed by atoms with van der Waals surface area (Å²) in [7, 11) is 6.38. The quantitative estimate of drug-likeness (QED) is 0.864. The molecule has 2 heterocycles. The Kier molecular flexibility index (Phi) is 5.38. The molecule has 1 N–H and O–H groups in total. The maximum Gasteiger partial charge on any atom is 0.0574 e. The van der Waals surface area contributed by atoms with Crippen LogP contribution in [0, 0.1) is 0 Å². The van der Waals surface area contributed by atoms with Crippen molar-refractivity contribution in [3.05, 3.63) is 24.0 Å². The van der Waals surface area contributed by atoms with Gasteiger partial charge in [0.05, 0.1) is 17.6 Å². The van der Waals surface area contributed by atoms with Crippen LogP contribution in [0.25, 0.3) is 0 Å². The standard InChI is InChI=1S/C16H28N4/c1-5-15(17-2)16-9-8-13(11-18-16)20(4)12-14-7-6-10-19(14)3/h8-9,11,14-15,17H,5-7,10,12H2,1-4H3. The highest BCUT2D eigenvalue weighted by atomic mass is 15.2. The SMILES string of the molecule is CCC(NC)c1ccc(N(C)CC2CCCN2C)cn1. The van der Waals surface area contributed by atoms with Gasteiger partial charge in [-0.1, -0.05) is 6.92 Å². The van der Waals surface area contributed by atoms with Crippen molar-refractivity contribution in [2.75, 3.05) is 39.1 Å². The van der Waals surface area contributed by atoms with Crippen molar-refractivity contribution in [1.29, 1.82) is 0 Å². The molecule has 1 aliphatic rings. The number of anilines is 1. The van der Waals surface area contributed by atoms with Crippen molar-refractivity contribution in [1.82, 2.24) is 15.2 Å². The molecule has 20 heavy (non-hydrogen) atoms. The Labute approximate surface area is 123 Å². The van der Waals surface area contributed by atoms with Crippen LogP contribution in [0.3, 0.4) is 0 Å². The van der Waals surface area contributed by atoms with Crippen molar-refractivity contribution >= 4 is 5.69 Å². The summed E-state index contributed by atoms with van der Waals surface area (Å²) < 4.78 is 0. The van der Waals surface area contributed by atoms with Gasteiger partial charge in [-0.05, 0) is 52.0 Å². The smallest absolute Gasteiger partial charge is 0.0574 e. The molecule has 1 fully saturated rings. The van der Waals surface area contributed by atoms with Gasteiger partial charge in [-0.2, -0.15) is 0 Å². The third kappa shape index (κ3) is 3.49. The molecule has 112 valence electrons. The molecule has 0 aromatic carbocycles. The van der Waals surface area contributed by atoms with E-state index in [1.165, 1.54) is 25.1 Å². The maximum atomic E-state index is 4.62. The molecule has 0 spiro atoms. The highest BCUT2D eigenvalue weighted by Crippen LogP contribution is 2.20. The number of hydrogen-bond acceptors (Lipinski definition) is 4. The fourth-order valence-corrected chi connectivity index (χ4v) is 3.02. The van der Waals surface area contributed by atoms with Crippen molar-refractivity contribution in [2.45, 2.75) is 38.3 Å². The summed E-state index contributed by atoms with van der Waals surface area (Å²) in [5, 5.41) is 3.30. The van der Waals surface area contributed by atoms with Crippen LogP contribution in [0.1, 0.15) is 37.9 Å². The molecule has 0 aliphatic carbocycles. The number of nitrogens with one attached hydrogen (secondary N) is 1. The van der Waals surface area contributed by atoms with Crippen LogP contribution in [0.15, 0.2) is 18.3 Å². The Morgan fingerprint density at radius 1 is 1.50 bits per heavy atom. The minimum atomic E-state index is 0.357. The summed E-state index contributed by atoms with van der Waals surface area (Å²) in [6.45, 7) is 4.50. The Morgan fingerprint density at radius 3 is 2.80 bits per heavy atom. The Balaban J connectivity index is 1.98. The number of rotatable bonds is 6. The van der Waals surface area contributed by atoms with Gasteiger partial charge < -0.3 is 15.1 Å². The molecule has 0 amide bonds. The Hall–Kier alpha value is -1.13. The van der Waals surface area contributed by atoms with Crippen LogP contribution in [0.5, 0.6) is 0 Å². The molecule has 1 aromatic rings. The predicted molar refractivity (Wildman–Crippen MR) is 85.3 cm³/mol. The second-order valence-electron chi connectivity index (χ2n) is 5.85. The van der Waals surface area contributed by atoms with Gasteiger partial charge in [-0.25, -0.2) is 0 Å². The molecule has 2 rings (SSSR count). The first kappa shape index (κ1) is 15.3.